The Kier molecular flexibility index (Phi) is 9.03. The van der Waals surface area contributed by atoms with Gasteiger partial charge in [-0.15, -0.1) is 0 Å². The molecule has 0 bridgehead atoms. The molecule has 7 nitrogen and oxygen atoms in total. The largest absolute Gasteiger partial charge is 0.476 e. The number of carbonyl (C=O) groups is 2. The van der Waals surface area contributed by atoms with Crippen LogP contribution in [0.15, 0.2) is 83.4 Å². The van der Waals surface area contributed by atoms with Crippen LogP contribution in [0.5, 0.6) is 5.75 Å². The fourth-order valence-electron chi connectivity index (χ4n) is 3.76. The number of ether oxygens (including phenoxy) is 1. The molecule has 182 valence electrons. The summed E-state index contributed by atoms with van der Waals surface area (Å²) in [5, 5.41) is 10.6. The van der Waals surface area contributed by atoms with E-state index in [1.807, 2.05) is 11.8 Å². The van der Waals surface area contributed by atoms with Crippen LogP contribution in [0.25, 0.3) is 0 Å². The second-order valence-electron chi connectivity index (χ2n) is 8.02. The van der Waals surface area contributed by atoms with Crippen LogP contribution >= 0.6 is 15.9 Å². The third kappa shape index (κ3) is 6.70. The Morgan fingerprint density at radius 1 is 1.20 bits per heavy atom. The normalized spacial score (nSPS) is 14.6. The lowest BCUT2D eigenvalue weighted by Crippen LogP contribution is -2.34. The highest BCUT2D eigenvalue weighted by molar-refractivity contribution is 9.10. The molecule has 8 heteroatoms. The van der Waals surface area contributed by atoms with Crippen molar-refractivity contribution in [3.8, 4) is 5.75 Å². The average molecular weight is 537 g/mol. The highest BCUT2D eigenvalue weighted by Gasteiger charge is 2.25. The Morgan fingerprint density at radius 2 is 1.94 bits per heavy atom. The number of hydrogen-bond acceptors (Lipinski definition) is 4. The van der Waals surface area contributed by atoms with Crippen LogP contribution in [0.4, 0.5) is 5.69 Å². The fourth-order valence-corrected chi connectivity index (χ4v) is 4.23. The summed E-state index contributed by atoms with van der Waals surface area (Å²) < 4.78 is 6.66. The number of hydrogen-bond donors (Lipinski definition) is 3. The van der Waals surface area contributed by atoms with E-state index < -0.39 is 12.0 Å². The molecule has 3 rings (SSSR count). The van der Waals surface area contributed by atoms with Gasteiger partial charge in [0.05, 0.1) is 5.69 Å². The standard InChI is InChI=1S/C27H29BrN4O3/c1-3-8-18(9-4-2)24(35-21-11-7-10-19(16-21)25(29)30)26(33)31-23-13-12-20(17-22(23)28)27(34)32-14-5-6-15-32/h3-4,7-13,16-17,24H,1,5-6,14-15H2,2H3,(H3,29,30)(H,31,33)/b9-4-,18-8+. The Labute approximate surface area is 214 Å². The predicted octanol–water partition coefficient (Wildman–Crippen LogP) is 5.04. The van der Waals surface area contributed by atoms with Gasteiger partial charge in [0.25, 0.3) is 11.8 Å². The first kappa shape index (κ1) is 26.0. The zero-order valence-corrected chi connectivity index (χ0v) is 21.2. The predicted molar refractivity (Wildman–Crippen MR) is 143 cm³/mol. The van der Waals surface area contributed by atoms with Crippen molar-refractivity contribution in [1.82, 2.24) is 4.90 Å². The van der Waals surface area contributed by atoms with E-state index >= 15 is 0 Å². The molecule has 4 N–H and O–H groups in total. The molecule has 2 aromatic rings. The molecule has 1 heterocycles. The summed E-state index contributed by atoms with van der Waals surface area (Å²) in [5.74, 6) is -0.136. The number of nitrogens with zero attached hydrogens (tertiary/aromatic N) is 1. The van der Waals surface area contributed by atoms with E-state index in [0.717, 1.165) is 25.9 Å². The Hall–Kier alpha value is -3.65. The Bertz CT molecular complexity index is 1180. The third-order valence-corrected chi connectivity index (χ3v) is 6.13. The van der Waals surface area contributed by atoms with Crippen molar-refractivity contribution >= 4 is 39.3 Å². The smallest absolute Gasteiger partial charge is 0.270 e. The molecule has 2 aromatic carbocycles. The molecule has 0 aliphatic carbocycles. The molecule has 1 unspecified atom stereocenters. The minimum Gasteiger partial charge on any atom is -0.476 e. The number of nitrogens with one attached hydrogen (secondary N) is 2. The third-order valence-electron chi connectivity index (χ3n) is 5.48. The molecule has 1 aliphatic heterocycles. The van der Waals surface area contributed by atoms with E-state index in [-0.39, 0.29) is 11.7 Å². The van der Waals surface area contributed by atoms with Crippen molar-refractivity contribution in [3.05, 3.63) is 94.5 Å². The van der Waals surface area contributed by atoms with Crippen molar-refractivity contribution < 1.29 is 14.3 Å². The summed E-state index contributed by atoms with van der Waals surface area (Å²) in [6.07, 6.45) is 7.89. The molecule has 0 spiro atoms. The minimum absolute atomic E-state index is 0.0167. The van der Waals surface area contributed by atoms with Crippen molar-refractivity contribution in [2.45, 2.75) is 25.9 Å². The molecule has 1 saturated heterocycles. The molecule has 1 aliphatic rings. The van der Waals surface area contributed by atoms with Gasteiger partial charge in [0.1, 0.15) is 11.6 Å². The molecule has 0 aromatic heterocycles. The molecule has 1 atom stereocenters. The number of benzene rings is 2. The van der Waals surface area contributed by atoms with Crippen molar-refractivity contribution in [3.63, 3.8) is 0 Å². The summed E-state index contributed by atoms with van der Waals surface area (Å²) in [6, 6.07) is 11.8. The number of likely N-dealkylation sites (tertiary alicyclic amines) is 1. The molecule has 35 heavy (non-hydrogen) atoms. The minimum atomic E-state index is -1.01. The quantitative estimate of drug-likeness (QED) is 0.237. The van der Waals surface area contributed by atoms with Gasteiger partial charge in [-0.3, -0.25) is 15.0 Å². The highest BCUT2D eigenvalue weighted by Crippen LogP contribution is 2.27. The van der Waals surface area contributed by atoms with Gasteiger partial charge in [0, 0.05) is 34.3 Å². The first-order valence-electron chi connectivity index (χ1n) is 11.3. The molecule has 2 amide bonds. The van der Waals surface area contributed by atoms with Gasteiger partial charge in [0.15, 0.2) is 0 Å². The van der Waals surface area contributed by atoms with E-state index in [1.165, 1.54) is 0 Å². The van der Waals surface area contributed by atoms with Crippen LogP contribution in [0.3, 0.4) is 0 Å². The average Bonchev–Trinajstić information content (AvgIpc) is 3.38. The highest BCUT2D eigenvalue weighted by atomic mass is 79.9. The van der Waals surface area contributed by atoms with Crippen molar-refractivity contribution in [1.29, 1.82) is 5.41 Å². The zero-order valence-electron chi connectivity index (χ0n) is 19.6. The van der Waals surface area contributed by atoms with Crippen molar-refractivity contribution in [2.24, 2.45) is 5.73 Å². The number of halogens is 1. The monoisotopic (exact) mass is 536 g/mol. The maximum atomic E-state index is 13.4. The number of anilines is 1. The maximum absolute atomic E-state index is 13.4. The number of carbonyl (C=O) groups excluding carboxylic acids is 2. The zero-order chi connectivity index (χ0) is 25.4. The fraction of sp³-hybridized carbons (Fsp3) is 0.222. The molecule has 0 radical (unpaired) electrons. The SMILES string of the molecule is C=C/C=C(\C=C/C)C(Oc1cccc(C(=N)N)c1)C(=O)Nc1ccc(C(=O)N2CCCC2)cc1Br. The van der Waals surface area contributed by atoms with E-state index in [1.54, 1.807) is 66.8 Å². The summed E-state index contributed by atoms with van der Waals surface area (Å²) in [7, 11) is 0. The summed E-state index contributed by atoms with van der Waals surface area (Å²) in [4.78, 5) is 27.9. The Morgan fingerprint density at radius 3 is 2.57 bits per heavy atom. The van der Waals surface area contributed by atoms with Crippen LogP contribution in [-0.2, 0) is 4.79 Å². The van der Waals surface area contributed by atoms with Crippen LogP contribution in [0.2, 0.25) is 0 Å². The van der Waals surface area contributed by atoms with E-state index in [2.05, 4.69) is 27.8 Å². The lowest BCUT2D eigenvalue weighted by Gasteiger charge is -2.21. The number of nitrogens with two attached hydrogens (primary N) is 1. The van der Waals surface area contributed by atoms with Gasteiger partial charge < -0.3 is 20.7 Å². The second-order valence-corrected chi connectivity index (χ2v) is 8.88. The van der Waals surface area contributed by atoms with Gasteiger partial charge in [-0.05, 0) is 66.0 Å². The number of allylic oxidation sites excluding steroid dienone is 3. The van der Waals surface area contributed by atoms with E-state index in [9.17, 15) is 9.59 Å². The van der Waals surface area contributed by atoms with E-state index in [4.69, 9.17) is 15.9 Å². The molecule has 0 saturated carbocycles. The lowest BCUT2D eigenvalue weighted by molar-refractivity contribution is -0.121. The first-order valence-corrected chi connectivity index (χ1v) is 12.1. The van der Waals surface area contributed by atoms with Crippen LogP contribution in [-0.4, -0.2) is 41.7 Å². The van der Waals surface area contributed by atoms with Crippen LogP contribution in [0.1, 0.15) is 35.7 Å². The maximum Gasteiger partial charge on any atom is 0.270 e. The number of amidine groups is 1. The van der Waals surface area contributed by atoms with Gasteiger partial charge in [-0.25, -0.2) is 0 Å². The van der Waals surface area contributed by atoms with Crippen molar-refractivity contribution in [2.75, 3.05) is 18.4 Å². The molecule has 1 fully saturated rings. The van der Waals surface area contributed by atoms with Gasteiger partial charge >= 0.3 is 0 Å². The van der Waals surface area contributed by atoms with Gasteiger partial charge in [-0.1, -0.05) is 43.0 Å². The van der Waals surface area contributed by atoms with E-state index in [0.29, 0.717) is 32.6 Å². The van der Waals surface area contributed by atoms with Crippen LogP contribution in [0, 0.1) is 5.41 Å². The molecular weight excluding hydrogens is 508 g/mol. The number of amides is 2. The van der Waals surface area contributed by atoms with Gasteiger partial charge in [-0.2, -0.15) is 0 Å². The van der Waals surface area contributed by atoms with Gasteiger partial charge in [0.2, 0.25) is 6.10 Å². The van der Waals surface area contributed by atoms with Crippen LogP contribution < -0.4 is 15.8 Å². The Balaban J connectivity index is 1.86. The second kappa shape index (κ2) is 12.2. The summed E-state index contributed by atoms with van der Waals surface area (Å²) in [5.41, 5.74) is 7.75. The number of nitrogen functional groups attached to an aromatic ring is 1. The number of rotatable bonds is 9. The summed E-state index contributed by atoms with van der Waals surface area (Å²) >= 11 is 3.48. The lowest BCUT2D eigenvalue weighted by atomic mass is 10.1. The topological polar surface area (TPSA) is 109 Å². The summed E-state index contributed by atoms with van der Waals surface area (Å²) in [6.45, 7) is 7.11. The molecular formula is C27H29BrN4O3. The first-order chi connectivity index (χ1) is 16.8.